The molecule has 6 rings (SSSR count). The second-order valence-corrected chi connectivity index (χ2v) is 23.4. The smallest absolute Gasteiger partial charge is 0.412 e. The minimum atomic E-state index is -1.63. The highest BCUT2D eigenvalue weighted by molar-refractivity contribution is 7.80. The maximum absolute atomic E-state index is 14.4. The molecular weight excluding hydrogens is 1100 g/mol. The number of imide groups is 1. The summed E-state index contributed by atoms with van der Waals surface area (Å²) in [5.74, 6) is -3.48. The number of ether oxygens (including phenoxy) is 5. The molecule has 4 aliphatic heterocycles. The molecule has 22 heteroatoms. The van der Waals surface area contributed by atoms with Crippen LogP contribution in [0.1, 0.15) is 116 Å². The van der Waals surface area contributed by atoms with Crippen LogP contribution in [0.15, 0.2) is 66.3 Å². The SMILES string of the molecule is COc1cc(CC(=O)[C@H](CCCNC(N)=O)NC(=O)[C@@H](CC(=S)CCCCCN2C(=O)C=CC2=O)C(C)C)ccc1NC(=O)O[C@H]1CC(=O)N(C)c2cc(cc(C)c2Cl)C/C(C)=C/C=C/[C@@H](OC)[C@]2(O)CC(=O)O[C@@H](C2)[C@@H](C)[C@@H]2O[C@@]12C. The number of Topliss-reactive ketones (excluding diaryl/α,β-unsaturated/α-hetero) is 1. The number of nitrogens with two attached hydrogens (primary N) is 1. The fourth-order valence-corrected chi connectivity index (χ4v) is 11.5. The fraction of sp³-hybridized carbons (Fsp3) is 0.550. The van der Waals surface area contributed by atoms with E-state index in [9.17, 15) is 43.5 Å². The van der Waals surface area contributed by atoms with Crippen LogP contribution >= 0.6 is 23.8 Å². The highest BCUT2D eigenvalue weighted by atomic mass is 35.5. The summed E-state index contributed by atoms with van der Waals surface area (Å²) in [7, 11) is 4.43. The summed E-state index contributed by atoms with van der Waals surface area (Å²) < 4.78 is 29.8. The molecule has 4 heterocycles. The van der Waals surface area contributed by atoms with Crippen LogP contribution in [0.4, 0.5) is 21.0 Å². The van der Waals surface area contributed by atoms with Gasteiger partial charge in [0.25, 0.3) is 11.8 Å². The molecule has 0 aliphatic carbocycles. The van der Waals surface area contributed by atoms with Crippen LogP contribution in [0.5, 0.6) is 5.75 Å². The number of methoxy groups -OCH3 is 2. The summed E-state index contributed by atoms with van der Waals surface area (Å²) in [4.78, 5) is 109. The molecule has 0 spiro atoms. The lowest BCUT2D eigenvalue weighted by Crippen LogP contribution is -2.53. The first-order chi connectivity index (χ1) is 38.8. The van der Waals surface area contributed by atoms with E-state index >= 15 is 0 Å². The van der Waals surface area contributed by atoms with E-state index < -0.39 is 77.5 Å². The van der Waals surface area contributed by atoms with Gasteiger partial charge in [-0.3, -0.25) is 39.0 Å². The number of thiocarbonyl (C=S) groups is 1. The Hall–Kier alpha value is -6.52. The van der Waals surface area contributed by atoms with E-state index in [0.717, 1.165) is 23.1 Å². The molecule has 4 aliphatic rings. The Kier molecular flexibility index (Phi) is 22.6. The number of allylic oxidation sites excluding steroid dienone is 3. The molecule has 2 aromatic carbocycles. The van der Waals surface area contributed by atoms with Crippen LogP contribution in [-0.4, -0.2) is 138 Å². The van der Waals surface area contributed by atoms with Crippen molar-refractivity contribution < 1.29 is 67.1 Å². The normalized spacial score (nSPS) is 25.5. The maximum atomic E-state index is 14.4. The monoisotopic (exact) mass is 1170 g/mol. The van der Waals surface area contributed by atoms with E-state index in [1.807, 2.05) is 45.9 Å². The molecular formula is C60H79ClN6O14S. The second-order valence-electron chi connectivity index (χ2n) is 22.5. The van der Waals surface area contributed by atoms with Gasteiger partial charge in [0.2, 0.25) is 11.8 Å². The third kappa shape index (κ3) is 16.8. The number of anilines is 2. The average Bonchev–Trinajstić information content (AvgIpc) is 2.01. The zero-order valence-electron chi connectivity index (χ0n) is 48.3. The van der Waals surface area contributed by atoms with Gasteiger partial charge in [-0.1, -0.05) is 86.9 Å². The fourth-order valence-electron chi connectivity index (χ4n) is 10.9. The Labute approximate surface area is 490 Å². The number of hydrogen-bond donors (Lipinski definition) is 5. The first kappa shape index (κ1) is 64.6. The number of carbonyl (C=O) groups excluding carboxylic acids is 8. The molecule has 6 N–H and O–H groups in total. The Balaban J connectivity index is 1.17. The zero-order chi connectivity index (χ0) is 60.2. The number of epoxide rings is 1. The topological polar surface area (TPSA) is 275 Å². The van der Waals surface area contributed by atoms with Gasteiger partial charge in [0.1, 0.15) is 35.3 Å². The minimum absolute atomic E-state index is 0.00992. The number of carbonyl (C=O) groups is 8. The van der Waals surface area contributed by atoms with Gasteiger partial charge in [-0.15, -0.1) is 0 Å². The van der Waals surface area contributed by atoms with E-state index in [1.54, 1.807) is 45.2 Å². The lowest BCUT2D eigenvalue weighted by Gasteiger charge is -2.41. The molecule has 4 bridgehead atoms. The summed E-state index contributed by atoms with van der Waals surface area (Å²) in [5.41, 5.74) is 6.05. The van der Waals surface area contributed by atoms with Gasteiger partial charge in [-0.2, -0.15) is 0 Å². The number of fused-ring (bicyclic) bond motifs is 5. The molecule has 20 nitrogen and oxygen atoms in total. The van der Waals surface area contributed by atoms with E-state index in [4.69, 9.17) is 53.2 Å². The number of nitrogens with one attached hydrogen (secondary N) is 3. The standard InChI is InChI=1S/C60H79ClN6O14S/c1-34(2)41(30-40(82)16-11-10-12-24-67-50(69)21-22-51(67)70)56(73)64-42(17-14-23-63-57(62)74)45(68)28-38-19-20-43(46(29-38)77-8)65-58(75)80-49-31-52(71)66(7)44-27-39(26-36(4)54(44)61)25-35(3)15-13-18-48(78-9)60(76)32-47(79-53(72)33-60)37(5)55-59(49,6)81-55/h13,15,18-22,26-27,29,34,37,41-42,47-49,55,76H,10-12,14,16-17,23-25,28,30-33H2,1-9H3,(H,64,73)(H,65,75)(H3,62,63,74)/b18-13+,35-15+/t37-,41+,42+,47+,48-,49+,55+,59+,60-/m1/s1. The number of hydrogen-bond acceptors (Lipinski definition) is 15. The maximum Gasteiger partial charge on any atom is 0.412 e. The molecule has 82 heavy (non-hydrogen) atoms. The number of unbranched alkanes of at least 4 members (excludes halogenated alkanes) is 2. The number of nitrogens with zero attached hydrogens (tertiary/aromatic N) is 2. The van der Waals surface area contributed by atoms with Crippen LogP contribution in [0, 0.1) is 24.7 Å². The first-order valence-electron chi connectivity index (χ1n) is 27.9. The van der Waals surface area contributed by atoms with Crippen molar-refractivity contribution in [2.24, 2.45) is 23.5 Å². The largest absolute Gasteiger partial charge is 0.495 e. The number of benzene rings is 2. The number of urea groups is 1. The number of primary amides is 1. The number of halogens is 1. The molecule has 9 atom stereocenters. The average molecular weight is 1180 g/mol. The van der Waals surface area contributed by atoms with Crippen LogP contribution in [0.2, 0.25) is 5.02 Å². The summed E-state index contributed by atoms with van der Waals surface area (Å²) >= 11 is 12.6. The van der Waals surface area contributed by atoms with E-state index in [-0.39, 0.29) is 79.5 Å². The number of aliphatic hydroxyl groups is 1. The van der Waals surface area contributed by atoms with Crippen molar-refractivity contribution >= 4 is 87.6 Å². The molecule has 7 amide bonds. The lowest BCUT2D eigenvalue weighted by atomic mass is 9.78. The summed E-state index contributed by atoms with van der Waals surface area (Å²) in [5, 5.41) is 20.6. The summed E-state index contributed by atoms with van der Waals surface area (Å²) in [6, 6.07) is 6.80. The Morgan fingerprint density at radius 1 is 1.01 bits per heavy atom. The Bertz CT molecular complexity index is 2840. The number of esters is 1. The van der Waals surface area contributed by atoms with Crippen molar-refractivity contribution in [1.29, 1.82) is 0 Å². The highest BCUT2D eigenvalue weighted by Gasteiger charge is 2.64. The van der Waals surface area contributed by atoms with Crippen LogP contribution in [-0.2, 0) is 60.6 Å². The van der Waals surface area contributed by atoms with E-state index in [1.165, 1.54) is 42.2 Å². The molecule has 0 saturated carbocycles. The molecule has 446 valence electrons. The third-order valence-corrected chi connectivity index (χ3v) is 16.7. The van der Waals surface area contributed by atoms with Crippen LogP contribution in [0.25, 0.3) is 0 Å². The predicted molar refractivity (Wildman–Crippen MR) is 312 cm³/mol. The van der Waals surface area contributed by atoms with Crippen LogP contribution < -0.4 is 31.3 Å². The number of rotatable bonds is 22. The van der Waals surface area contributed by atoms with Crippen LogP contribution in [0.3, 0.4) is 0 Å². The second kappa shape index (κ2) is 28.6. The van der Waals surface area contributed by atoms with Gasteiger partial charge in [-0.25, -0.2) is 9.59 Å². The molecule has 0 radical (unpaired) electrons. The number of amides is 7. The van der Waals surface area contributed by atoms with E-state index in [2.05, 4.69) is 16.0 Å². The van der Waals surface area contributed by atoms with Crippen molar-refractivity contribution in [2.75, 3.05) is 44.6 Å². The lowest BCUT2D eigenvalue weighted by molar-refractivity contribution is -0.187. The zero-order valence-corrected chi connectivity index (χ0v) is 49.9. The van der Waals surface area contributed by atoms with Crippen molar-refractivity contribution in [3.63, 3.8) is 0 Å². The Morgan fingerprint density at radius 2 is 1.73 bits per heavy atom. The Morgan fingerprint density at radius 3 is 2.40 bits per heavy atom. The predicted octanol–water partition coefficient (Wildman–Crippen LogP) is 7.49. The van der Waals surface area contributed by atoms with Gasteiger partial charge in [0, 0.05) is 64.1 Å². The third-order valence-electron chi connectivity index (χ3n) is 15.8. The molecule has 2 aromatic rings. The molecule has 0 aromatic heterocycles. The summed E-state index contributed by atoms with van der Waals surface area (Å²) in [6.07, 6.45) is 6.38. The minimum Gasteiger partial charge on any atom is -0.495 e. The quantitative estimate of drug-likeness (QED) is 0.0251. The van der Waals surface area contributed by atoms with Gasteiger partial charge in [0.15, 0.2) is 5.78 Å². The first-order valence-corrected chi connectivity index (χ1v) is 28.6. The highest BCUT2D eigenvalue weighted by Crippen LogP contribution is 2.50. The number of ketones is 1. The van der Waals surface area contributed by atoms with Gasteiger partial charge in [0.05, 0.1) is 48.5 Å². The van der Waals surface area contributed by atoms with E-state index in [0.29, 0.717) is 66.2 Å². The van der Waals surface area contributed by atoms with Crippen molar-refractivity contribution in [3.8, 4) is 5.75 Å². The van der Waals surface area contributed by atoms with Gasteiger partial charge < -0.3 is 50.1 Å². The number of aryl methyl sites for hydroxylation is 1. The van der Waals surface area contributed by atoms with Crippen molar-refractivity contribution in [1.82, 2.24) is 15.5 Å². The van der Waals surface area contributed by atoms with Gasteiger partial charge >= 0.3 is 18.1 Å². The van der Waals surface area contributed by atoms with Crippen molar-refractivity contribution in [2.45, 2.75) is 160 Å². The van der Waals surface area contributed by atoms with Crippen molar-refractivity contribution in [3.05, 3.63) is 88.0 Å². The molecule has 2 saturated heterocycles. The molecule has 2 fully saturated rings. The molecule has 0 unspecified atom stereocenters. The summed E-state index contributed by atoms with van der Waals surface area (Å²) in [6.45, 7) is 11.6. The van der Waals surface area contributed by atoms with Gasteiger partial charge in [-0.05, 0) is 111 Å².